The van der Waals surface area contributed by atoms with E-state index in [1.807, 2.05) is 0 Å². The number of hydrogen-bond donors (Lipinski definition) is 1. The molecule has 5 atom stereocenters. The van der Waals surface area contributed by atoms with Gasteiger partial charge in [0.25, 0.3) is 0 Å². The van der Waals surface area contributed by atoms with Crippen molar-refractivity contribution in [2.75, 3.05) is 13.2 Å². The zero-order valence-corrected chi connectivity index (χ0v) is 28.6. The summed E-state index contributed by atoms with van der Waals surface area (Å²) in [5, 5.41) is 12.2. The Balaban J connectivity index is 1.31. The van der Waals surface area contributed by atoms with E-state index >= 15 is 0 Å². The maximum Gasteiger partial charge on any atom is 0.0739 e. The summed E-state index contributed by atoms with van der Waals surface area (Å²) in [6.45, 7) is 3.81. The van der Waals surface area contributed by atoms with Crippen LogP contribution in [0.5, 0.6) is 0 Å². The topological polar surface area (TPSA) is 38.7 Å². The van der Waals surface area contributed by atoms with Crippen LogP contribution < -0.4 is 0 Å². The van der Waals surface area contributed by atoms with E-state index in [4.69, 9.17) is 21.3 Å². The maximum absolute atomic E-state index is 12.2. The molecule has 1 aromatic rings. The van der Waals surface area contributed by atoms with Gasteiger partial charge >= 0.3 is 210 Å². The number of fused-ring (bicyclic) bond motifs is 4. The number of hydrogen-bond acceptors (Lipinski definition) is 4. The Hall–Kier alpha value is -0.288. The Labute approximate surface area is 244 Å². The number of benzene rings is 1. The van der Waals surface area contributed by atoms with Gasteiger partial charge in [-0.25, -0.2) is 0 Å². The zero-order chi connectivity index (χ0) is 26.0. The summed E-state index contributed by atoms with van der Waals surface area (Å²) in [7, 11) is 0. The van der Waals surface area contributed by atoms with Crippen molar-refractivity contribution in [3.63, 3.8) is 0 Å². The van der Waals surface area contributed by atoms with Crippen LogP contribution in [0.2, 0.25) is 0 Å². The van der Waals surface area contributed by atoms with E-state index in [0.29, 0.717) is 37.4 Å². The quantitative estimate of drug-likeness (QED) is 0.212. The molecule has 1 saturated heterocycles. The molecule has 1 aliphatic heterocycles. The average molecular weight is 737 g/mol. The van der Waals surface area contributed by atoms with E-state index in [1.54, 1.807) is 11.1 Å². The molecule has 1 aromatic carbocycles. The van der Waals surface area contributed by atoms with Crippen molar-refractivity contribution in [2.45, 2.75) is 94.4 Å². The molecule has 0 unspecified atom stereocenters. The number of aliphatic hydroxyl groups is 1. The Morgan fingerprint density at radius 3 is 2.55 bits per heavy atom. The minimum Gasteiger partial charge on any atom is -0.344 e. The predicted molar refractivity (Wildman–Crippen MR) is 156 cm³/mol. The van der Waals surface area contributed by atoms with Crippen molar-refractivity contribution in [2.24, 2.45) is 17.3 Å². The van der Waals surface area contributed by atoms with E-state index < -0.39 is 34.5 Å². The van der Waals surface area contributed by atoms with Crippen molar-refractivity contribution < 1.29 is 14.6 Å². The van der Waals surface area contributed by atoms with Crippen LogP contribution in [0.4, 0.5) is 0 Å². The summed E-state index contributed by atoms with van der Waals surface area (Å²) in [4.78, 5) is 0. The van der Waals surface area contributed by atoms with Gasteiger partial charge in [-0.1, -0.05) is 0 Å². The Kier molecular flexibility index (Phi) is 7.15. The first kappa shape index (κ1) is 26.6. The fraction of sp³-hybridized carbons (Fsp3) is 0.625. The molecule has 1 heterocycles. The van der Waals surface area contributed by atoms with E-state index in [1.165, 1.54) is 36.0 Å². The zero-order valence-electron chi connectivity index (χ0n) is 22.4. The van der Waals surface area contributed by atoms with Crippen molar-refractivity contribution in [1.82, 2.24) is 0 Å². The third-order valence-electron chi connectivity index (χ3n) is 11.0. The number of ether oxygens (including phenoxy) is 2. The van der Waals surface area contributed by atoms with Crippen LogP contribution in [0, 0.1) is 26.7 Å². The molecular weight excluding hydrogens is 700 g/mol. The summed E-state index contributed by atoms with van der Waals surface area (Å²) in [5.74, 6) is 5.13. The van der Waals surface area contributed by atoms with Crippen molar-refractivity contribution in [3.8, 4) is 9.40 Å². The van der Waals surface area contributed by atoms with Gasteiger partial charge in [-0.2, -0.15) is 0 Å². The van der Waals surface area contributed by atoms with Crippen LogP contribution >= 0.6 is 4.00 Å². The molecule has 1 spiro atoms. The summed E-state index contributed by atoms with van der Waals surface area (Å²) in [5.41, 5.74) is 6.88. The Morgan fingerprint density at radius 2 is 1.82 bits per heavy atom. The van der Waals surface area contributed by atoms with Crippen LogP contribution in [0.25, 0.3) is 0 Å². The molecule has 3 nitrogen and oxygen atoms in total. The van der Waals surface area contributed by atoms with Crippen molar-refractivity contribution in [3.05, 3.63) is 58.2 Å². The van der Waals surface area contributed by atoms with Gasteiger partial charge in [0.05, 0.1) is 13.2 Å². The molecule has 6 aliphatic rings. The largest absolute Gasteiger partial charge is 0.344 e. The smallest absolute Gasteiger partial charge is 0.0739 e. The molecule has 0 radical (unpaired) electrons. The van der Waals surface area contributed by atoms with E-state index in [2.05, 4.69) is 46.7 Å². The summed E-state index contributed by atoms with van der Waals surface area (Å²) >= 11 is 4.04. The van der Waals surface area contributed by atoms with Gasteiger partial charge in [0.2, 0.25) is 0 Å². The summed E-state index contributed by atoms with van der Waals surface area (Å²) in [6, 6.07) is 9.63. The van der Waals surface area contributed by atoms with Gasteiger partial charge in [-0.05, 0) is 12.8 Å². The second-order valence-corrected chi connectivity index (χ2v) is 25.4. The van der Waals surface area contributed by atoms with Gasteiger partial charge in [0.1, 0.15) is 0 Å². The van der Waals surface area contributed by atoms with Crippen LogP contribution in [0.15, 0.2) is 47.1 Å². The first-order valence-electron chi connectivity index (χ1n) is 14.6. The third kappa shape index (κ3) is 4.42. The van der Waals surface area contributed by atoms with Crippen molar-refractivity contribution >= 4 is 38.9 Å². The number of rotatable bonds is 3. The van der Waals surface area contributed by atoms with Crippen molar-refractivity contribution in [1.29, 1.82) is 0 Å². The van der Waals surface area contributed by atoms with Gasteiger partial charge in [0, 0.05) is 0 Å². The molecule has 0 bridgehead atoms. The molecule has 3 saturated carbocycles. The monoisotopic (exact) mass is 737 g/mol. The molecule has 5 aliphatic carbocycles. The summed E-state index contributed by atoms with van der Waals surface area (Å²) < 4.78 is 16.8. The molecule has 0 amide bonds. The van der Waals surface area contributed by atoms with Gasteiger partial charge < -0.3 is 9.47 Å². The molecule has 1 N–H and O–H groups in total. The Morgan fingerprint density at radius 1 is 1.05 bits per heavy atom. The van der Waals surface area contributed by atoms with Crippen LogP contribution in [0.3, 0.4) is 0 Å². The van der Waals surface area contributed by atoms with E-state index in [0.717, 1.165) is 48.4 Å². The fourth-order valence-electron chi connectivity index (χ4n) is 8.85. The summed E-state index contributed by atoms with van der Waals surface area (Å²) in [6.07, 6.45) is 12.9. The second kappa shape index (κ2) is 10.2. The standard InChI is InChI=1S/C32H37O3.PS.Tl/c1-3-14-31(33)15-13-28-26-11-10-24-19-32(34-17-18-35-32)16-12-25(24)29(26)27(20-30(28,31)2)23-8-6-22(7-9-23)21-4-5-21;1-2;/h6-9,19,21,26-28,33H,4-5,10-18,20H2,2H3;;/q;-1;+2/t26-,27+,28-,30-,31-;;/m0../s1. The van der Waals surface area contributed by atoms with Gasteiger partial charge in [0.15, 0.2) is 0 Å². The number of allylic oxidation sites excluding steroid dienone is 3. The first-order valence-corrected chi connectivity index (χ1v) is 24.9. The molecule has 196 valence electrons. The molecule has 6 heteroatoms. The molecule has 7 rings (SSSR count). The Bertz CT molecular complexity index is 1310. The minimum absolute atomic E-state index is 0.119. The van der Waals surface area contributed by atoms with Crippen LogP contribution in [-0.4, -0.2) is 52.8 Å². The van der Waals surface area contributed by atoms with Crippen LogP contribution in [-0.2, 0) is 21.3 Å². The molecule has 38 heavy (non-hydrogen) atoms. The normalized spacial score (nSPS) is 36.9. The van der Waals surface area contributed by atoms with Crippen LogP contribution in [0.1, 0.15) is 94.1 Å². The van der Waals surface area contributed by atoms with Gasteiger partial charge in [-0.15, -0.1) is 0 Å². The fourth-order valence-corrected chi connectivity index (χ4v) is 12.5. The SMILES string of the molecule is C[C@]12C[C@H](c3ccc(C4CC4)cc3)C3=C4CCC5(C=C4CC[C@H]3[C@@H]1CC[C@@]2(O)CC#[C][Tl]=[P+]=S)OCCO5. The second-order valence-electron chi connectivity index (χ2n) is 12.8. The van der Waals surface area contributed by atoms with Gasteiger partial charge in [-0.3, -0.25) is 0 Å². The van der Waals surface area contributed by atoms with E-state index in [-0.39, 0.29) is 5.41 Å². The molecular formula is C32H37O3PSTl+. The maximum atomic E-state index is 12.2. The van der Waals surface area contributed by atoms with E-state index in [9.17, 15) is 5.11 Å². The molecule has 0 aromatic heterocycles. The minimum atomic E-state index is -1.11. The average Bonchev–Trinajstić information content (AvgIpc) is 3.63. The molecule has 4 fully saturated rings. The predicted octanol–water partition coefficient (Wildman–Crippen LogP) is 6.75. The third-order valence-corrected chi connectivity index (χ3v) is 17.5. The first-order chi connectivity index (χ1) is 18.5.